The second-order valence-electron chi connectivity index (χ2n) is 12.0. The van der Waals surface area contributed by atoms with Gasteiger partial charge in [0, 0.05) is 62.9 Å². The minimum absolute atomic E-state index is 0.0811. The van der Waals surface area contributed by atoms with Gasteiger partial charge in [-0.2, -0.15) is 5.10 Å². The smallest absolute Gasteiger partial charge is 0.253 e. The van der Waals surface area contributed by atoms with E-state index in [1.165, 1.54) is 17.5 Å². The molecule has 0 bridgehead atoms. The lowest BCUT2D eigenvalue weighted by atomic mass is 9.88. The first-order chi connectivity index (χ1) is 18.8. The van der Waals surface area contributed by atoms with E-state index in [0.29, 0.717) is 29.6 Å². The molecular weight excluding hydrogens is 484 g/mol. The Morgan fingerprint density at radius 3 is 2.36 bits per heavy atom. The van der Waals surface area contributed by atoms with Gasteiger partial charge in [-0.3, -0.25) is 14.3 Å². The molecular formula is C33H42N4O2. The first kappa shape index (κ1) is 27.3. The van der Waals surface area contributed by atoms with Gasteiger partial charge >= 0.3 is 0 Å². The number of likely N-dealkylation sites (tertiary alicyclic amines) is 2. The van der Waals surface area contributed by atoms with Gasteiger partial charge in [0.05, 0.1) is 6.20 Å². The number of hydrogen-bond acceptors (Lipinski definition) is 4. The van der Waals surface area contributed by atoms with Crippen LogP contribution in [-0.2, 0) is 18.3 Å². The van der Waals surface area contributed by atoms with E-state index >= 15 is 0 Å². The first-order valence-corrected chi connectivity index (χ1v) is 14.5. The van der Waals surface area contributed by atoms with Crippen molar-refractivity contribution in [2.45, 2.75) is 52.4 Å². The van der Waals surface area contributed by atoms with Crippen molar-refractivity contribution in [1.29, 1.82) is 0 Å². The predicted octanol–water partition coefficient (Wildman–Crippen LogP) is 5.50. The van der Waals surface area contributed by atoms with Crippen molar-refractivity contribution in [3.05, 3.63) is 77.1 Å². The van der Waals surface area contributed by atoms with Crippen molar-refractivity contribution >= 4 is 11.7 Å². The summed E-state index contributed by atoms with van der Waals surface area (Å²) in [5.41, 5.74) is 6.42. The van der Waals surface area contributed by atoms with Crippen LogP contribution in [0.1, 0.15) is 66.1 Å². The summed E-state index contributed by atoms with van der Waals surface area (Å²) < 4.78 is 1.82. The van der Waals surface area contributed by atoms with Crippen LogP contribution in [0.3, 0.4) is 0 Å². The lowest BCUT2D eigenvalue weighted by Crippen LogP contribution is -2.51. The van der Waals surface area contributed by atoms with E-state index in [1.807, 2.05) is 54.1 Å². The van der Waals surface area contributed by atoms with Crippen LogP contribution in [0.5, 0.6) is 0 Å². The molecule has 0 atom stereocenters. The number of nitrogens with zero attached hydrogens (tertiary/aromatic N) is 4. The molecule has 0 radical (unpaired) electrons. The molecule has 5 rings (SSSR count). The maximum Gasteiger partial charge on any atom is 0.253 e. The monoisotopic (exact) mass is 526 g/mol. The number of aryl methyl sites for hydroxylation is 2. The number of hydrogen-bond donors (Lipinski definition) is 0. The highest BCUT2D eigenvalue weighted by molar-refractivity contribution is 5.95. The second-order valence-corrected chi connectivity index (χ2v) is 12.0. The summed E-state index contributed by atoms with van der Waals surface area (Å²) in [6.07, 6.45) is 7.45. The number of benzene rings is 2. The Bertz CT molecular complexity index is 1300. The first-order valence-electron chi connectivity index (χ1n) is 14.5. The molecule has 0 spiro atoms. The van der Waals surface area contributed by atoms with E-state index in [4.69, 9.17) is 0 Å². The molecule has 1 aromatic heterocycles. The van der Waals surface area contributed by atoms with Gasteiger partial charge in [0.1, 0.15) is 5.78 Å². The molecule has 2 fully saturated rings. The molecule has 2 aliphatic heterocycles. The Hall–Kier alpha value is -3.25. The molecule has 6 nitrogen and oxygen atoms in total. The number of piperidine rings is 1. The maximum absolute atomic E-state index is 13.4. The van der Waals surface area contributed by atoms with Gasteiger partial charge < -0.3 is 9.80 Å². The normalized spacial score (nSPS) is 17.0. The fourth-order valence-electron chi connectivity index (χ4n) is 5.84. The standard InChI is InChI=1S/C33H42N4O2/c1-23(2)11-14-36-21-31(22-36)32(38)18-29-17-28(6-5-24(29)3)33(39)37-15-12-27(13-16-37)25-7-9-26(10-8-25)30-19-34-35(4)20-30/h5-10,17,19-20,23,27,31H,11-16,18,21-22H2,1-4H3. The van der Waals surface area contributed by atoms with Crippen molar-refractivity contribution < 1.29 is 9.59 Å². The highest BCUT2D eigenvalue weighted by atomic mass is 16.2. The van der Waals surface area contributed by atoms with E-state index in [9.17, 15) is 9.59 Å². The number of amides is 1. The molecule has 3 aromatic rings. The third-order valence-electron chi connectivity index (χ3n) is 8.60. The van der Waals surface area contributed by atoms with E-state index < -0.39 is 0 Å². The highest BCUT2D eigenvalue weighted by Crippen LogP contribution is 2.31. The van der Waals surface area contributed by atoms with Crippen molar-refractivity contribution in [3.8, 4) is 11.1 Å². The zero-order valence-electron chi connectivity index (χ0n) is 23.9. The average molecular weight is 527 g/mol. The molecule has 0 aliphatic carbocycles. The van der Waals surface area contributed by atoms with Gasteiger partial charge in [-0.1, -0.05) is 44.2 Å². The van der Waals surface area contributed by atoms with Crippen LogP contribution >= 0.6 is 0 Å². The lowest BCUT2D eigenvalue weighted by Gasteiger charge is -2.38. The van der Waals surface area contributed by atoms with Crippen LogP contribution in [0.2, 0.25) is 0 Å². The molecule has 0 unspecified atom stereocenters. The van der Waals surface area contributed by atoms with Crippen molar-refractivity contribution in [2.75, 3.05) is 32.7 Å². The van der Waals surface area contributed by atoms with Crippen molar-refractivity contribution in [1.82, 2.24) is 19.6 Å². The van der Waals surface area contributed by atoms with Crippen LogP contribution in [0.4, 0.5) is 0 Å². The number of aromatic nitrogens is 2. The third-order valence-corrected chi connectivity index (χ3v) is 8.60. The zero-order valence-corrected chi connectivity index (χ0v) is 23.9. The topological polar surface area (TPSA) is 58.4 Å². The summed E-state index contributed by atoms with van der Waals surface area (Å²) in [5, 5.41) is 4.27. The van der Waals surface area contributed by atoms with Crippen LogP contribution in [0.15, 0.2) is 54.9 Å². The van der Waals surface area contributed by atoms with Crippen molar-refractivity contribution in [3.63, 3.8) is 0 Å². The molecule has 3 heterocycles. The van der Waals surface area contributed by atoms with E-state index in [2.05, 4.69) is 48.1 Å². The molecule has 0 N–H and O–H groups in total. The Balaban J connectivity index is 1.14. The minimum Gasteiger partial charge on any atom is -0.339 e. The number of ketones is 1. The molecule has 39 heavy (non-hydrogen) atoms. The molecule has 206 valence electrons. The molecule has 0 saturated carbocycles. The van der Waals surface area contributed by atoms with Crippen LogP contribution in [-0.4, -0.2) is 64.0 Å². The number of carbonyl (C=O) groups is 2. The zero-order chi connectivity index (χ0) is 27.5. The largest absolute Gasteiger partial charge is 0.339 e. The Labute approximate surface area is 233 Å². The van der Waals surface area contributed by atoms with Gasteiger partial charge in [-0.15, -0.1) is 0 Å². The minimum atomic E-state index is 0.0811. The summed E-state index contributed by atoms with van der Waals surface area (Å²) in [6, 6.07) is 14.7. The average Bonchev–Trinajstić information content (AvgIpc) is 3.35. The van der Waals surface area contributed by atoms with Gasteiger partial charge in [0.25, 0.3) is 5.91 Å². The quantitative estimate of drug-likeness (QED) is 0.369. The molecule has 2 aromatic carbocycles. The summed E-state index contributed by atoms with van der Waals surface area (Å²) in [7, 11) is 1.93. The highest BCUT2D eigenvalue weighted by Gasteiger charge is 2.32. The molecule has 2 aliphatic rings. The lowest BCUT2D eigenvalue weighted by molar-refractivity contribution is -0.127. The van der Waals surface area contributed by atoms with Crippen LogP contribution < -0.4 is 0 Å². The third kappa shape index (κ3) is 6.50. The predicted molar refractivity (Wildman–Crippen MR) is 156 cm³/mol. The molecule has 1 amide bonds. The van der Waals surface area contributed by atoms with Gasteiger partial charge in [0.2, 0.25) is 0 Å². The van der Waals surface area contributed by atoms with Gasteiger partial charge in [-0.25, -0.2) is 0 Å². The van der Waals surface area contributed by atoms with Crippen LogP contribution in [0, 0.1) is 18.8 Å². The Morgan fingerprint density at radius 2 is 1.72 bits per heavy atom. The second kappa shape index (κ2) is 11.9. The summed E-state index contributed by atoms with van der Waals surface area (Å²) in [5.74, 6) is 1.67. The maximum atomic E-state index is 13.4. The SMILES string of the molecule is Cc1ccc(C(=O)N2CCC(c3ccc(-c4cnn(C)c4)cc3)CC2)cc1CC(=O)C1CN(CCC(C)C)C1. The summed E-state index contributed by atoms with van der Waals surface area (Å²) >= 11 is 0. The Kier molecular flexibility index (Phi) is 8.31. The van der Waals surface area contributed by atoms with Crippen LogP contribution in [0.25, 0.3) is 11.1 Å². The van der Waals surface area contributed by atoms with E-state index in [1.54, 1.807) is 0 Å². The fraction of sp³-hybridized carbons (Fsp3) is 0.485. The van der Waals surface area contributed by atoms with Gasteiger partial charge in [0.15, 0.2) is 0 Å². The van der Waals surface area contributed by atoms with Crippen molar-refractivity contribution in [2.24, 2.45) is 18.9 Å². The number of carbonyl (C=O) groups excluding carboxylic acids is 2. The fourth-order valence-corrected chi connectivity index (χ4v) is 5.84. The van der Waals surface area contributed by atoms with E-state index in [0.717, 1.165) is 62.3 Å². The summed E-state index contributed by atoms with van der Waals surface area (Å²) in [4.78, 5) is 30.7. The molecule has 6 heteroatoms. The molecule has 2 saturated heterocycles. The van der Waals surface area contributed by atoms with Gasteiger partial charge in [-0.05, 0) is 79.0 Å². The van der Waals surface area contributed by atoms with E-state index in [-0.39, 0.29) is 11.8 Å². The number of rotatable bonds is 9. The Morgan fingerprint density at radius 1 is 1.00 bits per heavy atom. The summed E-state index contributed by atoms with van der Waals surface area (Å²) in [6.45, 7) is 10.9. The number of Topliss-reactive ketones (excluding diaryl/α,β-unsaturated/α-hetero) is 1.